The minimum atomic E-state index is -1.17. The van der Waals surface area contributed by atoms with Gasteiger partial charge in [-0.2, -0.15) is 0 Å². The summed E-state index contributed by atoms with van der Waals surface area (Å²) in [6.07, 6.45) is 0. The van der Waals surface area contributed by atoms with Crippen LogP contribution < -0.4 is 5.32 Å². The maximum atomic E-state index is 13.7. The summed E-state index contributed by atoms with van der Waals surface area (Å²) in [6, 6.07) is 1.76. The molecule has 0 saturated carbocycles. The van der Waals surface area contributed by atoms with Crippen molar-refractivity contribution in [1.82, 2.24) is 10.2 Å². The van der Waals surface area contributed by atoms with Gasteiger partial charge in [-0.1, -0.05) is 0 Å². The normalized spacial score (nSPS) is 18.6. The third kappa shape index (κ3) is 2.65. The minimum Gasteiger partial charge on any atom is -0.480 e. The van der Waals surface area contributed by atoms with E-state index in [4.69, 9.17) is 0 Å². The van der Waals surface area contributed by atoms with Gasteiger partial charge in [-0.3, -0.25) is 9.69 Å². The monoisotopic (exact) mass is 256 g/mol. The van der Waals surface area contributed by atoms with E-state index in [-0.39, 0.29) is 5.56 Å². The molecule has 1 fully saturated rings. The molecule has 2 N–H and O–H groups in total. The molecule has 1 aromatic rings. The number of hydrogen-bond donors (Lipinski definition) is 2. The van der Waals surface area contributed by atoms with Crippen LogP contribution in [0.15, 0.2) is 18.2 Å². The van der Waals surface area contributed by atoms with Crippen LogP contribution in [-0.4, -0.2) is 42.2 Å². The number of carboxylic acids is 1. The van der Waals surface area contributed by atoms with Gasteiger partial charge >= 0.3 is 5.97 Å². The average molecular weight is 256 g/mol. The predicted molar refractivity (Wildman–Crippen MR) is 61.2 cm³/mol. The molecule has 0 radical (unpaired) electrons. The molecule has 1 atom stereocenters. The van der Waals surface area contributed by atoms with Gasteiger partial charge in [-0.05, 0) is 18.2 Å². The van der Waals surface area contributed by atoms with Gasteiger partial charge < -0.3 is 10.4 Å². The maximum Gasteiger partial charge on any atom is 0.325 e. The van der Waals surface area contributed by atoms with Crippen molar-refractivity contribution in [2.75, 3.05) is 26.2 Å². The third-order valence-corrected chi connectivity index (χ3v) is 3.00. The lowest BCUT2D eigenvalue weighted by molar-refractivity contribution is -0.144. The topological polar surface area (TPSA) is 52.6 Å². The van der Waals surface area contributed by atoms with E-state index < -0.39 is 23.6 Å². The summed E-state index contributed by atoms with van der Waals surface area (Å²) >= 11 is 0. The van der Waals surface area contributed by atoms with Gasteiger partial charge in [0.25, 0.3) is 0 Å². The molecule has 0 amide bonds. The molecule has 4 nitrogen and oxygen atoms in total. The number of carbonyl (C=O) groups is 1. The molecule has 2 rings (SSSR count). The molecule has 98 valence electrons. The fraction of sp³-hybridized carbons (Fsp3) is 0.417. The smallest absolute Gasteiger partial charge is 0.325 e. The fourth-order valence-electron chi connectivity index (χ4n) is 2.15. The van der Waals surface area contributed by atoms with Crippen LogP contribution in [0.1, 0.15) is 11.6 Å². The van der Waals surface area contributed by atoms with Gasteiger partial charge in [0.1, 0.15) is 17.7 Å². The lowest BCUT2D eigenvalue weighted by Crippen LogP contribution is -2.47. The molecule has 0 spiro atoms. The van der Waals surface area contributed by atoms with Crippen LogP contribution in [0.3, 0.4) is 0 Å². The number of piperazine rings is 1. The summed E-state index contributed by atoms with van der Waals surface area (Å²) in [6.45, 7) is 2.27. The lowest BCUT2D eigenvalue weighted by atomic mass is 10.0. The molecular formula is C12H14F2N2O2. The summed E-state index contributed by atoms with van der Waals surface area (Å²) < 4.78 is 26.8. The van der Waals surface area contributed by atoms with Crippen LogP contribution in [0, 0.1) is 11.6 Å². The van der Waals surface area contributed by atoms with Crippen LogP contribution >= 0.6 is 0 Å². The molecule has 0 aromatic heterocycles. The first-order chi connectivity index (χ1) is 8.59. The lowest BCUT2D eigenvalue weighted by Gasteiger charge is -2.32. The van der Waals surface area contributed by atoms with Crippen molar-refractivity contribution >= 4 is 5.97 Å². The van der Waals surface area contributed by atoms with E-state index in [0.717, 1.165) is 18.2 Å². The van der Waals surface area contributed by atoms with E-state index in [1.54, 1.807) is 4.90 Å². The Morgan fingerprint density at radius 1 is 1.33 bits per heavy atom. The number of aliphatic carboxylic acids is 1. The number of nitrogens with one attached hydrogen (secondary N) is 1. The van der Waals surface area contributed by atoms with Crippen LogP contribution in [0.2, 0.25) is 0 Å². The maximum absolute atomic E-state index is 13.7. The van der Waals surface area contributed by atoms with Gasteiger partial charge in [0.15, 0.2) is 0 Å². The van der Waals surface area contributed by atoms with E-state index in [1.165, 1.54) is 0 Å². The number of benzene rings is 1. The summed E-state index contributed by atoms with van der Waals surface area (Å²) in [7, 11) is 0. The standard InChI is InChI=1S/C12H14F2N2O2/c13-8-1-2-10(14)9(7-8)11(12(17)18)16-5-3-15-4-6-16/h1-2,7,11,15H,3-6H2,(H,17,18). The molecule has 6 heteroatoms. The second kappa shape index (κ2) is 5.41. The Labute approximate surface area is 103 Å². The fourth-order valence-corrected chi connectivity index (χ4v) is 2.15. The first-order valence-corrected chi connectivity index (χ1v) is 5.72. The highest BCUT2D eigenvalue weighted by atomic mass is 19.1. The molecule has 1 aliphatic heterocycles. The van der Waals surface area contributed by atoms with Crippen LogP contribution in [0.5, 0.6) is 0 Å². The zero-order valence-corrected chi connectivity index (χ0v) is 9.70. The Morgan fingerprint density at radius 3 is 2.61 bits per heavy atom. The van der Waals surface area contributed by atoms with Crippen LogP contribution in [0.4, 0.5) is 8.78 Å². The van der Waals surface area contributed by atoms with E-state index in [0.29, 0.717) is 26.2 Å². The van der Waals surface area contributed by atoms with Crippen molar-refractivity contribution in [2.24, 2.45) is 0 Å². The molecule has 1 saturated heterocycles. The summed E-state index contributed by atoms with van der Waals surface area (Å²) in [5.41, 5.74) is -0.121. The summed E-state index contributed by atoms with van der Waals surface area (Å²) in [5, 5.41) is 12.3. The first-order valence-electron chi connectivity index (χ1n) is 5.72. The Balaban J connectivity index is 2.34. The minimum absolute atomic E-state index is 0.121. The van der Waals surface area contributed by atoms with Gasteiger partial charge in [0.2, 0.25) is 0 Å². The molecule has 1 aliphatic rings. The van der Waals surface area contributed by atoms with E-state index >= 15 is 0 Å². The van der Waals surface area contributed by atoms with Crippen molar-refractivity contribution in [3.63, 3.8) is 0 Å². The van der Waals surface area contributed by atoms with E-state index in [9.17, 15) is 18.7 Å². The van der Waals surface area contributed by atoms with Crippen LogP contribution in [-0.2, 0) is 4.79 Å². The molecule has 0 aliphatic carbocycles. The summed E-state index contributed by atoms with van der Waals surface area (Å²) in [4.78, 5) is 12.9. The third-order valence-electron chi connectivity index (χ3n) is 3.00. The van der Waals surface area contributed by atoms with Crippen molar-refractivity contribution in [2.45, 2.75) is 6.04 Å². The summed E-state index contributed by atoms with van der Waals surface area (Å²) in [5.74, 6) is -2.49. The van der Waals surface area contributed by atoms with Gasteiger partial charge in [0, 0.05) is 31.7 Å². The van der Waals surface area contributed by atoms with E-state index in [1.807, 2.05) is 0 Å². The van der Waals surface area contributed by atoms with Gasteiger partial charge in [0.05, 0.1) is 0 Å². The van der Waals surface area contributed by atoms with Crippen molar-refractivity contribution < 1.29 is 18.7 Å². The molecule has 18 heavy (non-hydrogen) atoms. The quantitative estimate of drug-likeness (QED) is 0.847. The number of halogens is 2. The highest BCUT2D eigenvalue weighted by Gasteiger charge is 2.30. The SMILES string of the molecule is O=C(O)C(c1cc(F)ccc1F)N1CCNCC1. The highest BCUT2D eigenvalue weighted by Crippen LogP contribution is 2.25. The Kier molecular flexibility index (Phi) is 3.88. The number of rotatable bonds is 3. The van der Waals surface area contributed by atoms with Crippen molar-refractivity contribution in [3.05, 3.63) is 35.4 Å². The molecule has 1 heterocycles. The average Bonchev–Trinajstić information content (AvgIpc) is 2.35. The zero-order chi connectivity index (χ0) is 13.1. The second-order valence-corrected chi connectivity index (χ2v) is 4.19. The number of carboxylic acid groups (broad SMARTS) is 1. The number of nitrogens with zero attached hydrogens (tertiary/aromatic N) is 1. The van der Waals surface area contributed by atoms with Gasteiger partial charge in [-0.25, -0.2) is 8.78 Å². The Bertz CT molecular complexity index is 448. The zero-order valence-electron chi connectivity index (χ0n) is 9.70. The number of hydrogen-bond acceptors (Lipinski definition) is 3. The first kappa shape index (κ1) is 12.9. The molecule has 0 bridgehead atoms. The van der Waals surface area contributed by atoms with Crippen molar-refractivity contribution in [1.29, 1.82) is 0 Å². The van der Waals surface area contributed by atoms with Crippen LogP contribution in [0.25, 0.3) is 0 Å². The Morgan fingerprint density at radius 2 is 2.00 bits per heavy atom. The molecule has 1 aromatic carbocycles. The molecular weight excluding hydrogens is 242 g/mol. The van der Waals surface area contributed by atoms with Crippen molar-refractivity contribution in [3.8, 4) is 0 Å². The molecule has 1 unspecified atom stereocenters. The second-order valence-electron chi connectivity index (χ2n) is 4.19. The Hall–Kier alpha value is -1.53. The van der Waals surface area contributed by atoms with Gasteiger partial charge in [-0.15, -0.1) is 0 Å². The largest absolute Gasteiger partial charge is 0.480 e. The van der Waals surface area contributed by atoms with E-state index in [2.05, 4.69) is 5.32 Å². The highest BCUT2D eigenvalue weighted by molar-refractivity contribution is 5.75. The predicted octanol–water partition coefficient (Wildman–Crippen LogP) is 0.996.